The number of amides is 2. The van der Waals surface area contributed by atoms with Crippen molar-refractivity contribution in [2.24, 2.45) is 5.73 Å². The van der Waals surface area contributed by atoms with Crippen LogP contribution in [0.4, 0.5) is 0 Å². The van der Waals surface area contributed by atoms with Gasteiger partial charge >= 0.3 is 11.8 Å². The van der Waals surface area contributed by atoms with E-state index in [1.165, 1.54) is 12.8 Å². The number of nitrogens with two attached hydrogens (primary N) is 1. The highest BCUT2D eigenvalue weighted by Gasteiger charge is 2.20. The fourth-order valence-corrected chi connectivity index (χ4v) is 1.95. The van der Waals surface area contributed by atoms with E-state index in [4.69, 9.17) is 5.73 Å². The molecule has 1 saturated heterocycles. The summed E-state index contributed by atoms with van der Waals surface area (Å²) in [6.07, 6.45) is 2.40. The minimum absolute atomic E-state index is 0.0449. The molecule has 1 unspecified atom stereocenters. The molecule has 102 valence electrons. The van der Waals surface area contributed by atoms with Gasteiger partial charge in [-0.2, -0.15) is 0 Å². The molecule has 6 nitrogen and oxygen atoms in total. The van der Waals surface area contributed by atoms with Crippen LogP contribution in [-0.4, -0.2) is 53.9 Å². The highest BCUT2D eigenvalue weighted by Crippen LogP contribution is 2.10. The molecule has 0 aromatic heterocycles. The van der Waals surface area contributed by atoms with Crippen molar-refractivity contribution in [1.82, 2.24) is 15.5 Å². The van der Waals surface area contributed by atoms with Crippen LogP contribution in [0.3, 0.4) is 0 Å². The van der Waals surface area contributed by atoms with Crippen molar-refractivity contribution in [1.29, 1.82) is 0 Å². The van der Waals surface area contributed by atoms with Crippen LogP contribution < -0.4 is 16.4 Å². The van der Waals surface area contributed by atoms with E-state index < -0.39 is 11.8 Å². The summed E-state index contributed by atoms with van der Waals surface area (Å²) in [6, 6.07) is 0.250. The number of carbonyl (C=O) groups is 2. The second-order valence-electron chi connectivity index (χ2n) is 4.45. The Morgan fingerprint density at radius 3 is 2.39 bits per heavy atom. The van der Waals surface area contributed by atoms with Crippen LogP contribution >= 0.6 is 12.2 Å². The summed E-state index contributed by atoms with van der Waals surface area (Å²) in [5.41, 5.74) is 5.22. The minimum atomic E-state index is -0.698. The average Bonchev–Trinajstić information content (AvgIpc) is 2.86. The Balaban J connectivity index is 2.22. The maximum atomic E-state index is 11.4. The van der Waals surface area contributed by atoms with Crippen molar-refractivity contribution in [2.75, 3.05) is 26.2 Å². The van der Waals surface area contributed by atoms with Gasteiger partial charge in [-0.05, 0) is 32.9 Å². The summed E-state index contributed by atoms with van der Waals surface area (Å²) in [6.45, 7) is 4.68. The van der Waals surface area contributed by atoms with Crippen LogP contribution in [0.15, 0.2) is 0 Å². The van der Waals surface area contributed by atoms with Gasteiger partial charge < -0.3 is 16.4 Å². The molecule has 4 N–H and O–H groups in total. The Hall–Kier alpha value is -1.21. The van der Waals surface area contributed by atoms with E-state index in [2.05, 4.69) is 27.8 Å². The predicted octanol–water partition coefficient (Wildman–Crippen LogP) is -1.01. The molecule has 1 atom stereocenters. The number of nitrogens with one attached hydrogen (secondary N) is 2. The first kappa shape index (κ1) is 14.8. The Bertz CT molecular complexity index is 329. The van der Waals surface area contributed by atoms with Gasteiger partial charge in [0.2, 0.25) is 0 Å². The van der Waals surface area contributed by atoms with Crippen molar-refractivity contribution in [3.63, 3.8) is 0 Å². The van der Waals surface area contributed by atoms with E-state index in [1.54, 1.807) is 0 Å². The summed E-state index contributed by atoms with van der Waals surface area (Å²) in [5, 5.41) is 4.95. The van der Waals surface area contributed by atoms with Gasteiger partial charge in [0.25, 0.3) is 0 Å². The Morgan fingerprint density at radius 2 is 1.83 bits per heavy atom. The van der Waals surface area contributed by atoms with Crippen molar-refractivity contribution in [3.05, 3.63) is 0 Å². The highest BCUT2D eigenvalue weighted by atomic mass is 32.1. The Labute approximate surface area is 112 Å². The first-order chi connectivity index (χ1) is 8.50. The first-order valence-corrected chi connectivity index (χ1v) is 6.50. The fourth-order valence-electron chi connectivity index (χ4n) is 1.88. The molecule has 0 aromatic rings. The number of thiocarbonyl (C=S) groups is 1. The maximum Gasteiger partial charge on any atom is 0.309 e. The molecule has 0 bridgehead atoms. The number of nitrogens with zero attached hydrogens (tertiary/aromatic N) is 1. The van der Waals surface area contributed by atoms with E-state index in [-0.39, 0.29) is 17.6 Å². The lowest BCUT2D eigenvalue weighted by molar-refractivity contribution is -0.139. The molecule has 0 radical (unpaired) electrons. The molecular weight excluding hydrogens is 252 g/mol. The number of likely N-dealkylation sites (tertiary alicyclic amines) is 1. The molecule has 1 rings (SSSR count). The lowest BCUT2D eigenvalue weighted by Crippen LogP contribution is -2.47. The number of hydrogen-bond acceptors (Lipinski definition) is 4. The van der Waals surface area contributed by atoms with Gasteiger partial charge in [0.1, 0.15) is 0 Å². The fraction of sp³-hybridized carbons (Fsp3) is 0.727. The monoisotopic (exact) mass is 272 g/mol. The lowest BCUT2D eigenvalue weighted by Gasteiger charge is -2.23. The average molecular weight is 272 g/mol. The SMILES string of the molecule is CC(CNC(=O)C(=O)NCC(N)=S)N1CCCC1. The van der Waals surface area contributed by atoms with E-state index >= 15 is 0 Å². The maximum absolute atomic E-state index is 11.4. The topological polar surface area (TPSA) is 87.5 Å². The lowest BCUT2D eigenvalue weighted by atomic mass is 10.3. The van der Waals surface area contributed by atoms with Gasteiger partial charge in [-0.15, -0.1) is 0 Å². The number of carbonyl (C=O) groups excluding carboxylic acids is 2. The van der Waals surface area contributed by atoms with Gasteiger partial charge in [0.15, 0.2) is 0 Å². The zero-order chi connectivity index (χ0) is 13.5. The van der Waals surface area contributed by atoms with Crippen molar-refractivity contribution >= 4 is 29.0 Å². The smallest absolute Gasteiger partial charge is 0.309 e. The van der Waals surface area contributed by atoms with Crippen molar-refractivity contribution in [3.8, 4) is 0 Å². The predicted molar refractivity (Wildman–Crippen MR) is 73.1 cm³/mol. The van der Waals surface area contributed by atoms with E-state index in [0.29, 0.717) is 6.54 Å². The molecule has 7 heteroatoms. The molecule has 0 spiro atoms. The summed E-state index contributed by atoms with van der Waals surface area (Å²) < 4.78 is 0. The van der Waals surface area contributed by atoms with E-state index in [1.807, 2.05) is 6.92 Å². The molecule has 0 saturated carbocycles. The number of rotatable bonds is 5. The molecule has 1 heterocycles. The number of hydrogen-bond donors (Lipinski definition) is 3. The van der Waals surface area contributed by atoms with Crippen LogP contribution in [0.25, 0.3) is 0 Å². The molecule has 1 aliphatic rings. The van der Waals surface area contributed by atoms with Gasteiger partial charge in [0.05, 0.1) is 11.5 Å². The molecule has 2 amide bonds. The van der Waals surface area contributed by atoms with Crippen molar-refractivity contribution < 1.29 is 9.59 Å². The Kier molecular flexibility index (Phi) is 6.00. The second kappa shape index (κ2) is 7.27. The molecule has 18 heavy (non-hydrogen) atoms. The summed E-state index contributed by atoms with van der Waals surface area (Å²) in [7, 11) is 0. The normalized spacial score (nSPS) is 17.2. The summed E-state index contributed by atoms with van der Waals surface area (Å²) in [4.78, 5) is 25.2. The van der Waals surface area contributed by atoms with Crippen LogP contribution in [0.5, 0.6) is 0 Å². The largest absolute Gasteiger partial charge is 0.392 e. The van der Waals surface area contributed by atoms with E-state index in [0.717, 1.165) is 13.1 Å². The van der Waals surface area contributed by atoms with Crippen LogP contribution in [0.1, 0.15) is 19.8 Å². The Morgan fingerprint density at radius 1 is 1.28 bits per heavy atom. The molecule has 1 fully saturated rings. The van der Waals surface area contributed by atoms with Crippen LogP contribution in [0.2, 0.25) is 0 Å². The molecule has 0 aliphatic carbocycles. The van der Waals surface area contributed by atoms with Crippen LogP contribution in [0, 0.1) is 0 Å². The minimum Gasteiger partial charge on any atom is -0.392 e. The summed E-state index contributed by atoms with van der Waals surface area (Å²) >= 11 is 4.60. The zero-order valence-electron chi connectivity index (χ0n) is 10.6. The van der Waals surface area contributed by atoms with Crippen LogP contribution in [-0.2, 0) is 9.59 Å². The standard InChI is InChI=1S/C11H20N4O2S/c1-8(15-4-2-3-5-15)6-13-10(16)11(17)14-7-9(12)18/h8H,2-7H2,1H3,(H2,12,18)(H,13,16)(H,14,17). The van der Waals surface area contributed by atoms with Crippen molar-refractivity contribution in [2.45, 2.75) is 25.8 Å². The third kappa shape index (κ3) is 4.97. The zero-order valence-corrected chi connectivity index (χ0v) is 11.4. The second-order valence-corrected chi connectivity index (χ2v) is 4.98. The van der Waals surface area contributed by atoms with Gasteiger partial charge in [0, 0.05) is 12.6 Å². The van der Waals surface area contributed by atoms with Gasteiger partial charge in [-0.1, -0.05) is 12.2 Å². The highest BCUT2D eigenvalue weighted by molar-refractivity contribution is 7.80. The summed E-state index contributed by atoms with van der Waals surface area (Å²) in [5.74, 6) is -1.34. The molecule has 0 aromatic carbocycles. The first-order valence-electron chi connectivity index (χ1n) is 6.09. The van der Waals surface area contributed by atoms with E-state index in [9.17, 15) is 9.59 Å². The third-order valence-electron chi connectivity index (χ3n) is 2.95. The van der Waals surface area contributed by atoms with Gasteiger partial charge in [-0.3, -0.25) is 14.5 Å². The quantitative estimate of drug-likeness (QED) is 0.441. The molecular formula is C11H20N4O2S. The third-order valence-corrected chi connectivity index (χ3v) is 3.10. The molecule has 1 aliphatic heterocycles. The van der Waals surface area contributed by atoms with Gasteiger partial charge in [-0.25, -0.2) is 0 Å².